The minimum atomic E-state index is -0.359. The van der Waals surface area contributed by atoms with Gasteiger partial charge in [0.2, 0.25) is 0 Å². The predicted molar refractivity (Wildman–Crippen MR) is 50.1 cm³/mol. The molecule has 1 atom stereocenters. The van der Waals surface area contributed by atoms with Crippen molar-refractivity contribution in [1.82, 2.24) is 0 Å². The van der Waals surface area contributed by atoms with Crippen LogP contribution in [-0.2, 0) is 9.57 Å². The first-order chi connectivity index (χ1) is 6.86. The number of oxime groups is 1. The van der Waals surface area contributed by atoms with Gasteiger partial charge in [-0.1, -0.05) is 23.4 Å². The Hall–Kier alpha value is -1.84. The molecule has 1 heterocycles. The monoisotopic (exact) mass is 191 g/mol. The summed E-state index contributed by atoms with van der Waals surface area (Å²) in [5, 5.41) is 3.51. The van der Waals surface area contributed by atoms with Crippen molar-refractivity contribution in [2.45, 2.75) is 6.10 Å². The van der Waals surface area contributed by atoms with E-state index in [0.717, 1.165) is 0 Å². The van der Waals surface area contributed by atoms with E-state index < -0.39 is 0 Å². The largest absolute Gasteiger partial charge is 0.449 e. The predicted octanol–water partition coefficient (Wildman–Crippen LogP) is 1.23. The van der Waals surface area contributed by atoms with Crippen LogP contribution < -0.4 is 0 Å². The fourth-order valence-corrected chi connectivity index (χ4v) is 1.11. The van der Waals surface area contributed by atoms with E-state index in [1.165, 1.54) is 6.21 Å². The van der Waals surface area contributed by atoms with E-state index in [4.69, 9.17) is 4.74 Å². The molecule has 1 aromatic rings. The van der Waals surface area contributed by atoms with Gasteiger partial charge in [-0.3, -0.25) is 0 Å². The summed E-state index contributed by atoms with van der Waals surface area (Å²) in [4.78, 5) is 16.1. The molecule has 0 amide bonds. The zero-order chi connectivity index (χ0) is 9.80. The van der Waals surface area contributed by atoms with E-state index in [9.17, 15) is 4.79 Å². The number of rotatable bonds is 2. The number of esters is 1. The number of hydrogen-bond donors (Lipinski definition) is 0. The number of ether oxygens (including phenoxy) is 1. The van der Waals surface area contributed by atoms with Gasteiger partial charge in [0.1, 0.15) is 0 Å². The Morgan fingerprint density at radius 1 is 1.43 bits per heavy atom. The Labute approximate surface area is 81.1 Å². The van der Waals surface area contributed by atoms with Gasteiger partial charge in [-0.2, -0.15) is 0 Å². The minimum Gasteiger partial charge on any atom is -0.449 e. The standard InChI is InChI=1S/C10H9NO3/c12-10(8-4-2-1-3-5-8)14-9-6-11-13-7-9/h1-6,9H,7H2. The number of hydrogen-bond acceptors (Lipinski definition) is 4. The first-order valence-electron chi connectivity index (χ1n) is 4.28. The Morgan fingerprint density at radius 2 is 2.21 bits per heavy atom. The second kappa shape index (κ2) is 3.91. The third kappa shape index (κ3) is 1.90. The molecular weight excluding hydrogens is 182 g/mol. The molecule has 72 valence electrons. The van der Waals surface area contributed by atoms with Crippen LogP contribution in [0, 0.1) is 0 Å². The van der Waals surface area contributed by atoms with Crippen LogP contribution in [0.4, 0.5) is 0 Å². The zero-order valence-corrected chi connectivity index (χ0v) is 7.42. The summed E-state index contributed by atoms with van der Waals surface area (Å²) >= 11 is 0. The summed E-state index contributed by atoms with van der Waals surface area (Å²) in [6, 6.07) is 8.83. The van der Waals surface area contributed by atoms with Crippen LogP contribution in [0.15, 0.2) is 35.5 Å². The van der Waals surface area contributed by atoms with Crippen LogP contribution in [0.3, 0.4) is 0 Å². The third-order valence-electron chi connectivity index (χ3n) is 1.81. The molecule has 1 aliphatic rings. The molecule has 0 aliphatic carbocycles. The van der Waals surface area contributed by atoms with Gasteiger partial charge in [0.25, 0.3) is 0 Å². The van der Waals surface area contributed by atoms with E-state index in [-0.39, 0.29) is 12.1 Å². The Balaban J connectivity index is 1.99. The van der Waals surface area contributed by atoms with Gasteiger partial charge in [0, 0.05) is 0 Å². The molecule has 4 heteroatoms. The van der Waals surface area contributed by atoms with Crippen LogP contribution in [0.1, 0.15) is 10.4 Å². The molecule has 1 unspecified atom stereocenters. The van der Waals surface area contributed by atoms with Crippen molar-refractivity contribution in [2.75, 3.05) is 6.61 Å². The first-order valence-corrected chi connectivity index (χ1v) is 4.28. The van der Waals surface area contributed by atoms with Crippen molar-refractivity contribution in [2.24, 2.45) is 5.16 Å². The van der Waals surface area contributed by atoms with E-state index >= 15 is 0 Å². The number of nitrogens with zero attached hydrogens (tertiary/aromatic N) is 1. The summed E-state index contributed by atoms with van der Waals surface area (Å²) in [6.45, 7) is 0.304. The molecule has 0 radical (unpaired) electrons. The maximum atomic E-state index is 11.5. The molecule has 1 aliphatic heterocycles. The van der Waals surface area contributed by atoms with Crippen LogP contribution in [-0.4, -0.2) is 24.9 Å². The average Bonchev–Trinajstić information content (AvgIpc) is 2.72. The second-order valence-electron chi connectivity index (χ2n) is 2.86. The summed E-state index contributed by atoms with van der Waals surface area (Å²) < 4.78 is 5.08. The summed E-state index contributed by atoms with van der Waals surface area (Å²) in [5.41, 5.74) is 0.535. The normalized spacial score (nSPS) is 19.0. The number of carbonyl (C=O) groups is 1. The molecule has 0 fully saturated rings. The van der Waals surface area contributed by atoms with Gasteiger partial charge in [-0.15, -0.1) is 0 Å². The minimum absolute atomic E-state index is 0.304. The highest BCUT2D eigenvalue weighted by molar-refractivity contribution is 5.90. The van der Waals surface area contributed by atoms with Crippen molar-refractivity contribution in [3.8, 4) is 0 Å². The SMILES string of the molecule is O=C(OC1C=NOC1)c1ccccc1. The molecule has 0 saturated heterocycles. The fraction of sp³-hybridized carbons (Fsp3) is 0.200. The zero-order valence-electron chi connectivity index (χ0n) is 7.42. The molecule has 1 aromatic carbocycles. The third-order valence-corrected chi connectivity index (χ3v) is 1.81. The van der Waals surface area contributed by atoms with E-state index in [0.29, 0.717) is 12.2 Å². The van der Waals surface area contributed by atoms with Crippen molar-refractivity contribution in [1.29, 1.82) is 0 Å². The van der Waals surface area contributed by atoms with Gasteiger partial charge < -0.3 is 9.57 Å². The van der Waals surface area contributed by atoms with Crippen molar-refractivity contribution in [3.05, 3.63) is 35.9 Å². The maximum Gasteiger partial charge on any atom is 0.338 e. The lowest BCUT2D eigenvalue weighted by molar-refractivity contribution is 0.0297. The molecule has 14 heavy (non-hydrogen) atoms. The molecule has 0 spiro atoms. The van der Waals surface area contributed by atoms with Crippen LogP contribution >= 0.6 is 0 Å². The highest BCUT2D eigenvalue weighted by atomic mass is 16.7. The Morgan fingerprint density at radius 3 is 2.86 bits per heavy atom. The van der Waals surface area contributed by atoms with Gasteiger partial charge in [-0.25, -0.2) is 4.79 Å². The molecular formula is C10H9NO3. The molecule has 0 N–H and O–H groups in total. The molecule has 2 rings (SSSR count). The van der Waals surface area contributed by atoms with Gasteiger partial charge in [0.15, 0.2) is 12.7 Å². The van der Waals surface area contributed by atoms with E-state index in [1.807, 2.05) is 6.07 Å². The second-order valence-corrected chi connectivity index (χ2v) is 2.86. The summed E-state index contributed by atoms with van der Waals surface area (Å²) in [7, 11) is 0. The van der Waals surface area contributed by atoms with E-state index in [2.05, 4.69) is 9.99 Å². The van der Waals surface area contributed by atoms with Gasteiger partial charge in [-0.05, 0) is 12.1 Å². The van der Waals surface area contributed by atoms with Gasteiger partial charge >= 0.3 is 5.97 Å². The molecule has 0 aromatic heterocycles. The Bertz CT molecular complexity index is 348. The van der Waals surface area contributed by atoms with Crippen molar-refractivity contribution in [3.63, 3.8) is 0 Å². The fourth-order valence-electron chi connectivity index (χ4n) is 1.11. The maximum absolute atomic E-state index is 11.5. The molecule has 0 bridgehead atoms. The number of benzene rings is 1. The van der Waals surface area contributed by atoms with Crippen molar-refractivity contribution < 1.29 is 14.4 Å². The lowest BCUT2D eigenvalue weighted by Gasteiger charge is -2.06. The highest BCUT2D eigenvalue weighted by Crippen LogP contribution is 2.05. The Kier molecular flexibility index (Phi) is 2.44. The highest BCUT2D eigenvalue weighted by Gasteiger charge is 2.17. The first kappa shape index (κ1) is 8.74. The van der Waals surface area contributed by atoms with Crippen LogP contribution in [0.25, 0.3) is 0 Å². The van der Waals surface area contributed by atoms with Crippen LogP contribution in [0.2, 0.25) is 0 Å². The van der Waals surface area contributed by atoms with E-state index in [1.54, 1.807) is 24.3 Å². The lowest BCUT2D eigenvalue weighted by atomic mass is 10.2. The topological polar surface area (TPSA) is 47.9 Å². The smallest absolute Gasteiger partial charge is 0.338 e. The lowest BCUT2D eigenvalue weighted by Crippen LogP contribution is -2.20. The summed E-state index contributed by atoms with van der Waals surface area (Å²) in [6.07, 6.45) is 1.11. The summed E-state index contributed by atoms with van der Waals surface area (Å²) in [5.74, 6) is -0.354. The number of carbonyl (C=O) groups excluding carboxylic acids is 1. The van der Waals surface area contributed by atoms with Gasteiger partial charge in [0.05, 0.1) is 11.8 Å². The molecule has 0 saturated carbocycles. The van der Waals surface area contributed by atoms with Crippen LogP contribution in [0.5, 0.6) is 0 Å². The quantitative estimate of drug-likeness (QED) is 0.660. The average molecular weight is 191 g/mol. The molecule has 4 nitrogen and oxygen atoms in total. The van der Waals surface area contributed by atoms with Crippen molar-refractivity contribution >= 4 is 12.2 Å².